The highest BCUT2D eigenvalue weighted by Gasteiger charge is 2.32. The first-order valence-corrected chi connectivity index (χ1v) is 11.5. The number of aryl methyl sites for hydroxylation is 2. The van der Waals surface area contributed by atoms with Crippen LogP contribution in [0.15, 0.2) is 47.6 Å². The van der Waals surface area contributed by atoms with E-state index in [9.17, 15) is 12.8 Å². The summed E-state index contributed by atoms with van der Waals surface area (Å²) < 4.78 is 41.4. The molecule has 1 aliphatic heterocycles. The van der Waals surface area contributed by atoms with E-state index in [1.54, 1.807) is 19.3 Å². The van der Waals surface area contributed by atoms with E-state index in [4.69, 9.17) is 5.73 Å². The number of nitrogen functional groups attached to an aromatic ring is 1. The number of halogens is 1. The zero-order valence-electron chi connectivity index (χ0n) is 17.4. The third kappa shape index (κ3) is 4.42. The first-order chi connectivity index (χ1) is 14.7. The van der Waals surface area contributed by atoms with Crippen molar-refractivity contribution in [2.45, 2.75) is 37.5 Å². The minimum atomic E-state index is -3.72. The van der Waals surface area contributed by atoms with Crippen molar-refractivity contribution in [1.29, 1.82) is 0 Å². The van der Waals surface area contributed by atoms with E-state index in [2.05, 4.69) is 15.0 Å². The lowest BCUT2D eigenvalue weighted by Gasteiger charge is -2.32. The third-order valence-corrected chi connectivity index (χ3v) is 7.56. The third-order valence-electron chi connectivity index (χ3n) is 5.54. The van der Waals surface area contributed by atoms with Gasteiger partial charge in [0.2, 0.25) is 16.0 Å². The molecule has 3 heterocycles. The molecule has 7 nitrogen and oxygen atoms in total. The Kier molecular flexibility index (Phi) is 5.72. The van der Waals surface area contributed by atoms with Gasteiger partial charge in [-0.1, -0.05) is 0 Å². The number of hydrogen-bond donors (Lipinski definition) is 1. The fraction of sp³-hybridized carbons (Fsp3) is 0.318. The van der Waals surface area contributed by atoms with Gasteiger partial charge in [0.25, 0.3) is 0 Å². The summed E-state index contributed by atoms with van der Waals surface area (Å²) in [6, 6.07) is 7.68. The Bertz CT molecular complexity index is 1220. The number of sulfonamides is 1. The lowest BCUT2D eigenvalue weighted by molar-refractivity contribution is 0.312. The molecule has 2 aromatic heterocycles. The number of aromatic nitrogens is 3. The predicted molar refractivity (Wildman–Crippen MR) is 116 cm³/mol. The molecule has 1 fully saturated rings. The van der Waals surface area contributed by atoms with E-state index in [0.29, 0.717) is 18.7 Å². The lowest BCUT2D eigenvalue weighted by atomic mass is 9.93. The second kappa shape index (κ2) is 8.32. The number of hydrogen-bond acceptors (Lipinski definition) is 6. The van der Waals surface area contributed by atoms with Gasteiger partial charge in [-0.25, -0.2) is 22.8 Å². The molecule has 1 saturated heterocycles. The van der Waals surface area contributed by atoms with Crippen LogP contribution >= 0.6 is 0 Å². The number of benzene rings is 1. The van der Waals surface area contributed by atoms with Crippen LogP contribution < -0.4 is 5.73 Å². The number of nitrogens with zero attached hydrogens (tertiary/aromatic N) is 4. The quantitative estimate of drug-likeness (QED) is 0.665. The SMILES string of the molecule is Cc1cc(-c2cnc(N)nc2)cc(C2CCCN(S(=O)(=O)c3ccc(F)cc3C)C2)n1. The summed E-state index contributed by atoms with van der Waals surface area (Å²) in [6.45, 7) is 4.28. The molecular weight excluding hydrogens is 417 g/mol. The highest BCUT2D eigenvalue weighted by atomic mass is 32.2. The highest BCUT2D eigenvalue weighted by Crippen LogP contribution is 2.32. The van der Waals surface area contributed by atoms with Crippen LogP contribution in [0.3, 0.4) is 0 Å². The Balaban J connectivity index is 1.63. The predicted octanol–water partition coefficient (Wildman–Crippen LogP) is 3.45. The molecule has 1 aromatic carbocycles. The van der Waals surface area contributed by atoms with Gasteiger partial charge in [-0.15, -0.1) is 0 Å². The monoisotopic (exact) mass is 441 g/mol. The van der Waals surface area contributed by atoms with Crippen molar-refractivity contribution in [3.8, 4) is 11.1 Å². The van der Waals surface area contributed by atoms with Gasteiger partial charge in [-0.2, -0.15) is 4.31 Å². The van der Waals surface area contributed by atoms with Crippen molar-refractivity contribution >= 4 is 16.0 Å². The Morgan fingerprint density at radius 3 is 2.55 bits per heavy atom. The van der Waals surface area contributed by atoms with E-state index in [0.717, 1.165) is 35.4 Å². The second-order valence-electron chi connectivity index (χ2n) is 7.86. The Morgan fingerprint density at radius 1 is 1.10 bits per heavy atom. The standard InChI is InChI=1S/C22H24FN5O2S/c1-14-8-19(23)5-6-21(14)31(29,30)28-7-3-4-16(13-28)20-10-17(9-15(2)27-20)18-11-25-22(24)26-12-18/h5-6,8-12,16H,3-4,7,13H2,1-2H3,(H2,24,25,26). The average molecular weight is 442 g/mol. The largest absolute Gasteiger partial charge is 0.368 e. The molecule has 4 rings (SSSR count). The van der Waals surface area contributed by atoms with Gasteiger partial charge in [0, 0.05) is 48.4 Å². The summed E-state index contributed by atoms with van der Waals surface area (Å²) in [5.74, 6) is -0.285. The van der Waals surface area contributed by atoms with Gasteiger partial charge in [-0.3, -0.25) is 4.98 Å². The molecular formula is C22H24FN5O2S. The minimum absolute atomic E-state index is 0.0439. The molecule has 9 heteroatoms. The molecule has 1 aliphatic rings. The smallest absolute Gasteiger partial charge is 0.243 e. The number of rotatable bonds is 4. The zero-order chi connectivity index (χ0) is 22.2. The molecule has 162 valence electrons. The summed E-state index contributed by atoms with van der Waals surface area (Å²) in [5, 5.41) is 0. The normalized spacial score (nSPS) is 17.6. The Hall–Kier alpha value is -2.91. The van der Waals surface area contributed by atoms with Crippen LogP contribution in [0.1, 0.15) is 35.7 Å². The van der Waals surface area contributed by atoms with E-state index in [-0.39, 0.29) is 16.8 Å². The highest BCUT2D eigenvalue weighted by molar-refractivity contribution is 7.89. The number of piperidine rings is 1. The van der Waals surface area contributed by atoms with Crippen LogP contribution in [0.4, 0.5) is 10.3 Å². The van der Waals surface area contributed by atoms with Crippen LogP contribution in [0, 0.1) is 19.7 Å². The summed E-state index contributed by atoms with van der Waals surface area (Å²) >= 11 is 0. The molecule has 0 aliphatic carbocycles. The minimum Gasteiger partial charge on any atom is -0.368 e. The van der Waals surface area contributed by atoms with Crippen LogP contribution in [-0.2, 0) is 10.0 Å². The van der Waals surface area contributed by atoms with Gasteiger partial charge in [0.1, 0.15) is 5.82 Å². The van der Waals surface area contributed by atoms with E-state index in [1.165, 1.54) is 22.5 Å². The van der Waals surface area contributed by atoms with Crippen molar-refractivity contribution in [3.05, 3.63) is 65.5 Å². The summed E-state index contributed by atoms with van der Waals surface area (Å²) in [4.78, 5) is 12.9. The van der Waals surface area contributed by atoms with Crippen molar-refractivity contribution in [1.82, 2.24) is 19.3 Å². The van der Waals surface area contributed by atoms with Crippen molar-refractivity contribution in [2.75, 3.05) is 18.8 Å². The Labute approximate surface area is 181 Å². The maximum atomic E-state index is 13.5. The number of pyridine rings is 1. The summed E-state index contributed by atoms with van der Waals surface area (Å²) in [7, 11) is -3.72. The maximum absolute atomic E-state index is 13.5. The van der Waals surface area contributed by atoms with Gasteiger partial charge < -0.3 is 5.73 Å². The second-order valence-corrected chi connectivity index (χ2v) is 9.77. The lowest BCUT2D eigenvalue weighted by Crippen LogP contribution is -2.39. The van der Waals surface area contributed by atoms with Crippen LogP contribution in [0.2, 0.25) is 0 Å². The van der Waals surface area contributed by atoms with Crippen molar-refractivity contribution in [3.63, 3.8) is 0 Å². The number of nitrogens with two attached hydrogens (primary N) is 1. The van der Waals surface area contributed by atoms with E-state index < -0.39 is 15.8 Å². The molecule has 31 heavy (non-hydrogen) atoms. The first kappa shape index (κ1) is 21.3. The zero-order valence-corrected chi connectivity index (χ0v) is 18.2. The van der Waals surface area contributed by atoms with E-state index >= 15 is 0 Å². The van der Waals surface area contributed by atoms with Gasteiger partial charge in [-0.05, 0) is 68.1 Å². The summed E-state index contributed by atoms with van der Waals surface area (Å²) in [6.07, 6.45) is 4.88. The first-order valence-electron chi connectivity index (χ1n) is 10.1. The fourth-order valence-electron chi connectivity index (χ4n) is 4.00. The van der Waals surface area contributed by atoms with Gasteiger partial charge in [0.05, 0.1) is 4.90 Å². The van der Waals surface area contributed by atoms with Crippen molar-refractivity contribution < 1.29 is 12.8 Å². The fourth-order valence-corrected chi connectivity index (χ4v) is 5.73. The Morgan fingerprint density at radius 2 is 1.84 bits per heavy atom. The summed E-state index contributed by atoms with van der Waals surface area (Å²) in [5.41, 5.74) is 9.39. The molecule has 2 N–H and O–H groups in total. The van der Waals surface area contributed by atoms with Crippen LogP contribution in [-0.4, -0.2) is 40.8 Å². The molecule has 0 saturated carbocycles. The molecule has 1 unspecified atom stereocenters. The number of anilines is 1. The molecule has 3 aromatic rings. The molecule has 0 spiro atoms. The van der Waals surface area contributed by atoms with Crippen molar-refractivity contribution in [2.24, 2.45) is 0 Å². The average Bonchev–Trinajstić information content (AvgIpc) is 2.73. The maximum Gasteiger partial charge on any atom is 0.243 e. The van der Waals surface area contributed by atoms with Gasteiger partial charge in [0.15, 0.2) is 0 Å². The molecule has 1 atom stereocenters. The topological polar surface area (TPSA) is 102 Å². The van der Waals surface area contributed by atoms with Gasteiger partial charge >= 0.3 is 0 Å². The van der Waals surface area contributed by atoms with Crippen LogP contribution in [0.5, 0.6) is 0 Å². The molecule has 0 bridgehead atoms. The van der Waals surface area contributed by atoms with Crippen LogP contribution in [0.25, 0.3) is 11.1 Å². The van der Waals surface area contributed by atoms with E-state index in [1.807, 2.05) is 19.1 Å². The molecule has 0 amide bonds. The molecule has 0 radical (unpaired) electrons.